The van der Waals surface area contributed by atoms with Gasteiger partial charge in [0.1, 0.15) is 5.82 Å². The third-order valence-electron chi connectivity index (χ3n) is 2.43. The molecule has 1 aromatic carbocycles. The summed E-state index contributed by atoms with van der Waals surface area (Å²) >= 11 is 0. The van der Waals surface area contributed by atoms with Crippen molar-refractivity contribution in [3.05, 3.63) is 30.1 Å². The topological polar surface area (TPSA) is 78.5 Å². The van der Waals surface area contributed by atoms with Crippen LogP contribution in [-0.4, -0.2) is 53.0 Å². The van der Waals surface area contributed by atoms with E-state index in [0.29, 0.717) is 13.1 Å². The number of hydrogen-bond acceptors (Lipinski definition) is 4. The number of carbonyl (C=O) groups excluding carboxylic acids is 1. The summed E-state index contributed by atoms with van der Waals surface area (Å²) < 4.78 is 38.5. The number of carbonyl (C=O) groups is 1. The first-order valence-corrected chi connectivity index (χ1v) is 7.46. The Labute approximate surface area is 118 Å². The summed E-state index contributed by atoms with van der Waals surface area (Å²) in [7, 11) is -0.0724. The van der Waals surface area contributed by atoms with Crippen molar-refractivity contribution >= 4 is 15.9 Å². The first-order valence-electron chi connectivity index (χ1n) is 5.98. The molecule has 20 heavy (non-hydrogen) atoms. The Kier molecular flexibility index (Phi) is 6.05. The molecule has 0 fully saturated rings. The highest BCUT2D eigenvalue weighted by atomic mass is 32.2. The molecule has 1 aromatic rings. The molecule has 0 unspecified atom stereocenters. The number of amides is 1. The van der Waals surface area contributed by atoms with E-state index in [-0.39, 0.29) is 11.4 Å². The number of likely N-dealkylation sites (N-methyl/N-ethyl adjacent to an activating group) is 1. The average molecular weight is 303 g/mol. The number of rotatable bonds is 7. The van der Waals surface area contributed by atoms with Gasteiger partial charge in [-0.1, -0.05) is 0 Å². The second kappa shape index (κ2) is 7.32. The molecular weight excluding hydrogens is 285 g/mol. The number of halogens is 1. The van der Waals surface area contributed by atoms with Crippen LogP contribution in [0.15, 0.2) is 29.2 Å². The van der Waals surface area contributed by atoms with Crippen molar-refractivity contribution in [1.82, 2.24) is 14.9 Å². The highest BCUT2D eigenvalue weighted by Crippen LogP contribution is 2.08. The molecule has 0 saturated carbocycles. The first-order chi connectivity index (χ1) is 9.31. The van der Waals surface area contributed by atoms with E-state index in [4.69, 9.17) is 0 Å². The second-order valence-electron chi connectivity index (χ2n) is 4.43. The van der Waals surface area contributed by atoms with Crippen LogP contribution < -0.4 is 10.0 Å². The molecule has 0 aliphatic heterocycles. The van der Waals surface area contributed by atoms with Crippen molar-refractivity contribution in [2.45, 2.75) is 4.90 Å². The molecule has 6 nitrogen and oxygen atoms in total. The molecule has 0 spiro atoms. The predicted molar refractivity (Wildman–Crippen MR) is 73.2 cm³/mol. The van der Waals surface area contributed by atoms with Gasteiger partial charge >= 0.3 is 0 Å². The highest BCUT2D eigenvalue weighted by Gasteiger charge is 2.15. The van der Waals surface area contributed by atoms with Gasteiger partial charge in [-0.2, -0.15) is 0 Å². The van der Waals surface area contributed by atoms with Crippen LogP contribution in [0.2, 0.25) is 0 Å². The Morgan fingerprint density at radius 1 is 1.25 bits per heavy atom. The zero-order chi connectivity index (χ0) is 15.2. The van der Waals surface area contributed by atoms with E-state index in [1.54, 1.807) is 0 Å². The fraction of sp³-hybridized carbons (Fsp3) is 0.417. The highest BCUT2D eigenvalue weighted by molar-refractivity contribution is 7.89. The summed E-state index contributed by atoms with van der Waals surface area (Å²) in [5.74, 6) is -0.942. The van der Waals surface area contributed by atoms with E-state index in [1.165, 1.54) is 0 Å². The largest absolute Gasteiger partial charge is 0.354 e. The maximum absolute atomic E-state index is 12.7. The number of nitrogens with one attached hydrogen (secondary N) is 2. The Morgan fingerprint density at radius 2 is 1.85 bits per heavy atom. The molecule has 8 heteroatoms. The van der Waals surface area contributed by atoms with Crippen LogP contribution in [0.25, 0.3) is 0 Å². The van der Waals surface area contributed by atoms with Gasteiger partial charge in [0.2, 0.25) is 15.9 Å². The zero-order valence-corrected chi connectivity index (χ0v) is 12.2. The quantitative estimate of drug-likeness (QED) is 0.730. The van der Waals surface area contributed by atoms with Gasteiger partial charge in [0.15, 0.2) is 0 Å². The van der Waals surface area contributed by atoms with Crippen molar-refractivity contribution in [1.29, 1.82) is 0 Å². The predicted octanol–water partition coefficient (Wildman–Crippen LogP) is -0.218. The smallest absolute Gasteiger partial charge is 0.241 e. The molecule has 0 saturated heterocycles. The van der Waals surface area contributed by atoms with Crippen molar-refractivity contribution in [2.75, 3.05) is 33.7 Å². The fourth-order valence-electron chi connectivity index (χ4n) is 1.34. The van der Waals surface area contributed by atoms with E-state index in [1.807, 2.05) is 19.0 Å². The number of benzene rings is 1. The lowest BCUT2D eigenvalue weighted by Gasteiger charge is -2.11. The molecule has 0 aliphatic carbocycles. The van der Waals surface area contributed by atoms with Crippen molar-refractivity contribution in [3.63, 3.8) is 0 Å². The lowest BCUT2D eigenvalue weighted by atomic mass is 10.4. The van der Waals surface area contributed by atoms with E-state index in [0.717, 1.165) is 24.3 Å². The van der Waals surface area contributed by atoms with Crippen LogP contribution in [0.4, 0.5) is 4.39 Å². The molecule has 112 valence electrons. The summed E-state index contributed by atoms with van der Waals surface area (Å²) in [4.78, 5) is 13.2. The Hall–Kier alpha value is -1.51. The van der Waals surface area contributed by atoms with Crippen LogP contribution in [-0.2, 0) is 14.8 Å². The van der Waals surface area contributed by atoms with Gasteiger partial charge in [0.25, 0.3) is 0 Å². The van der Waals surface area contributed by atoms with E-state index < -0.39 is 21.7 Å². The molecule has 2 N–H and O–H groups in total. The minimum atomic E-state index is -3.80. The molecule has 1 rings (SSSR count). The van der Waals surface area contributed by atoms with E-state index in [2.05, 4.69) is 10.0 Å². The van der Waals surface area contributed by atoms with Crippen LogP contribution in [0.1, 0.15) is 0 Å². The molecule has 0 radical (unpaired) electrons. The van der Waals surface area contributed by atoms with Crippen LogP contribution in [0, 0.1) is 5.82 Å². The Bertz CT molecular complexity index is 544. The molecule has 0 atom stereocenters. The van der Waals surface area contributed by atoms with E-state index in [9.17, 15) is 17.6 Å². The maximum atomic E-state index is 12.7. The monoisotopic (exact) mass is 303 g/mol. The van der Waals surface area contributed by atoms with Gasteiger partial charge in [0, 0.05) is 13.1 Å². The summed E-state index contributed by atoms with van der Waals surface area (Å²) in [6.45, 7) is 0.744. The van der Waals surface area contributed by atoms with E-state index >= 15 is 0 Å². The normalized spacial score (nSPS) is 11.6. The molecule has 0 aliphatic rings. The van der Waals surface area contributed by atoms with Gasteiger partial charge in [-0.3, -0.25) is 4.79 Å². The molecule has 0 bridgehead atoms. The van der Waals surface area contributed by atoms with Gasteiger partial charge in [-0.15, -0.1) is 0 Å². The Morgan fingerprint density at radius 3 is 2.40 bits per heavy atom. The summed E-state index contributed by atoms with van der Waals surface area (Å²) in [5, 5.41) is 2.58. The van der Waals surface area contributed by atoms with Crippen molar-refractivity contribution in [3.8, 4) is 0 Å². The SMILES string of the molecule is CN(C)CCNC(=O)CNS(=O)(=O)c1ccc(F)cc1. The van der Waals surface area contributed by atoms with Crippen LogP contribution in [0.5, 0.6) is 0 Å². The third kappa shape index (κ3) is 5.64. The van der Waals surface area contributed by atoms with Crippen LogP contribution >= 0.6 is 0 Å². The van der Waals surface area contributed by atoms with Gasteiger partial charge < -0.3 is 10.2 Å². The van der Waals surface area contributed by atoms with Crippen molar-refractivity contribution < 1.29 is 17.6 Å². The van der Waals surface area contributed by atoms with Crippen LogP contribution in [0.3, 0.4) is 0 Å². The summed E-state index contributed by atoms with van der Waals surface area (Å²) in [5.41, 5.74) is 0. The van der Waals surface area contributed by atoms with Gasteiger partial charge in [0.05, 0.1) is 11.4 Å². The zero-order valence-electron chi connectivity index (χ0n) is 11.4. The van der Waals surface area contributed by atoms with Gasteiger partial charge in [-0.05, 0) is 38.4 Å². The van der Waals surface area contributed by atoms with Gasteiger partial charge in [-0.25, -0.2) is 17.5 Å². The standard InChI is InChI=1S/C12H18FN3O3S/c1-16(2)8-7-14-12(17)9-15-20(18,19)11-5-3-10(13)4-6-11/h3-6,15H,7-9H2,1-2H3,(H,14,17). The van der Waals surface area contributed by atoms with Crippen molar-refractivity contribution in [2.24, 2.45) is 0 Å². The summed E-state index contributed by atoms with van der Waals surface area (Å²) in [6.07, 6.45) is 0. The maximum Gasteiger partial charge on any atom is 0.241 e. The first kappa shape index (κ1) is 16.5. The molecule has 1 amide bonds. The summed E-state index contributed by atoms with van der Waals surface area (Å²) in [6, 6.07) is 4.38. The third-order valence-corrected chi connectivity index (χ3v) is 3.85. The molecular formula is C12H18FN3O3S. The Balaban J connectivity index is 2.47. The lowest BCUT2D eigenvalue weighted by Crippen LogP contribution is -2.39. The average Bonchev–Trinajstić information content (AvgIpc) is 2.36. The second-order valence-corrected chi connectivity index (χ2v) is 6.20. The number of hydrogen-bond donors (Lipinski definition) is 2. The fourth-order valence-corrected chi connectivity index (χ4v) is 2.32. The lowest BCUT2D eigenvalue weighted by molar-refractivity contribution is -0.119. The molecule has 0 heterocycles. The minimum Gasteiger partial charge on any atom is -0.354 e. The molecule has 0 aromatic heterocycles. The number of sulfonamides is 1. The minimum absolute atomic E-state index is 0.0833. The number of nitrogens with zero attached hydrogens (tertiary/aromatic N) is 1.